The SMILES string of the molecule is NC(C(=O)NCC(=O)O)C(=S)CC(c1ccccc1)(c1ccccc1)c1ccccc1. The lowest BCUT2D eigenvalue weighted by molar-refractivity contribution is -0.137. The van der Waals surface area contributed by atoms with Crippen molar-refractivity contribution >= 4 is 29.0 Å². The zero-order valence-corrected chi connectivity index (χ0v) is 17.7. The Balaban J connectivity index is 2.09. The van der Waals surface area contributed by atoms with Crippen LogP contribution in [0.3, 0.4) is 0 Å². The molecule has 6 heteroatoms. The van der Waals surface area contributed by atoms with Crippen molar-refractivity contribution < 1.29 is 14.7 Å². The minimum Gasteiger partial charge on any atom is -0.480 e. The van der Waals surface area contributed by atoms with Crippen LogP contribution in [0, 0.1) is 0 Å². The van der Waals surface area contributed by atoms with Crippen LogP contribution in [-0.2, 0) is 15.0 Å². The summed E-state index contributed by atoms with van der Waals surface area (Å²) in [4.78, 5) is 23.5. The van der Waals surface area contributed by atoms with E-state index in [9.17, 15) is 9.59 Å². The van der Waals surface area contributed by atoms with Crippen LogP contribution in [0.5, 0.6) is 0 Å². The van der Waals surface area contributed by atoms with Crippen molar-refractivity contribution in [1.29, 1.82) is 0 Å². The van der Waals surface area contributed by atoms with E-state index in [1.807, 2.05) is 91.0 Å². The number of nitrogens with two attached hydrogens (primary N) is 1. The molecule has 5 nitrogen and oxygen atoms in total. The zero-order valence-electron chi connectivity index (χ0n) is 16.9. The van der Waals surface area contributed by atoms with E-state index in [4.69, 9.17) is 23.1 Å². The summed E-state index contributed by atoms with van der Waals surface area (Å²) in [6.07, 6.45) is 0.308. The van der Waals surface area contributed by atoms with Gasteiger partial charge < -0.3 is 16.2 Å². The van der Waals surface area contributed by atoms with Gasteiger partial charge in [-0.1, -0.05) is 103 Å². The third-order valence-corrected chi connectivity index (χ3v) is 5.68. The predicted octanol–water partition coefficient (Wildman–Crippen LogP) is 3.31. The van der Waals surface area contributed by atoms with Crippen molar-refractivity contribution in [1.82, 2.24) is 5.32 Å². The van der Waals surface area contributed by atoms with Gasteiger partial charge in [0.2, 0.25) is 5.91 Å². The Morgan fingerprint density at radius 3 is 1.58 bits per heavy atom. The summed E-state index contributed by atoms with van der Waals surface area (Å²) < 4.78 is 0. The van der Waals surface area contributed by atoms with Gasteiger partial charge in [0.25, 0.3) is 0 Å². The fourth-order valence-corrected chi connectivity index (χ4v) is 4.09. The molecule has 1 atom stereocenters. The maximum absolute atomic E-state index is 12.4. The molecular weight excluding hydrogens is 408 g/mol. The number of thiocarbonyl (C=S) groups is 1. The molecule has 158 valence electrons. The molecule has 0 spiro atoms. The highest BCUT2D eigenvalue weighted by Gasteiger charge is 2.38. The summed E-state index contributed by atoms with van der Waals surface area (Å²) in [7, 11) is 0. The second-order valence-electron chi connectivity index (χ2n) is 7.24. The van der Waals surface area contributed by atoms with E-state index >= 15 is 0 Å². The number of aliphatic carboxylic acids is 1. The minimum atomic E-state index is -1.14. The molecule has 0 radical (unpaired) electrons. The molecule has 4 N–H and O–H groups in total. The number of hydrogen-bond donors (Lipinski definition) is 3. The van der Waals surface area contributed by atoms with E-state index < -0.39 is 29.9 Å². The molecule has 31 heavy (non-hydrogen) atoms. The van der Waals surface area contributed by atoms with Crippen molar-refractivity contribution in [3.8, 4) is 0 Å². The highest BCUT2D eigenvalue weighted by Crippen LogP contribution is 2.42. The molecular formula is C25H24N2O3S. The van der Waals surface area contributed by atoms with Gasteiger partial charge in [0, 0.05) is 10.3 Å². The normalized spacial score (nSPS) is 12.0. The van der Waals surface area contributed by atoms with Gasteiger partial charge in [-0.3, -0.25) is 9.59 Å². The second kappa shape index (κ2) is 10.1. The molecule has 3 aromatic rings. The van der Waals surface area contributed by atoms with Crippen LogP contribution < -0.4 is 11.1 Å². The summed E-state index contributed by atoms with van der Waals surface area (Å²) in [5, 5.41) is 11.1. The molecule has 0 bridgehead atoms. The maximum Gasteiger partial charge on any atom is 0.322 e. The first-order chi connectivity index (χ1) is 14.9. The number of carboxylic acid groups (broad SMARTS) is 1. The molecule has 0 aliphatic carbocycles. The van der Waals surface area contributed by atoms with Crippen molar-refractivity contribution in [3.63, 3.8) is 0 Å². The molecule has 3 aromatic carbocycles. The van der Waals surface area contributed by atoms with Crippen LogP contribution in [-0.4, -0.2) is 34.4 Å². The predicted molar refractivity (Wildman–Crippen MR) is 125 cm³/mol. The number of carboxylic acids is 1. The Kier molecular flexibility index (Phi) is 7.28. The van der Waals surface area contributed by atoms with Crippen molar-refractivity contribution in [2.24, 2.45) is 5.73 Å². The maximum atomic E-state index is 12.4. The fraction of sp³-hybridized carbons (Fsp3) is 0.160. The molecule has 0 aromatic heterocycles. The average Bonchev–Trinajstić information content (AvgIpc) is 2.82. The molecule has 0 aliphatic heterocycles. The summed E-state index contributed by atoms with van der Waals surface area (Å²) in [6, 6.07) is 28.8. The van der Waals surface area contributed by atoms with Crippen molar-refractivity contribution in [2.45, 2.75) is 17.9 Å². The topological polar surface area (TPSA) is 92.4 Å². The lowest BCUT2D eigenvalue weighted by Gasteiger charge is -2.37. The third kappa shape index (κ3) is 5.05. The number of amides is 1. The highest BCUT2D eigenvalue weighted by molar-refractivity contribution is 7.80. The lowest BCUT2D eigenvalue weighted by atomic mass is 9.66. The van der Waals surface area contributed by atoms with Gasteiger partial charge in [-0.25, -0.2) is 0 Å². The van der Waals surface area contributed by atoms with E-state index in [2.05, 4.69) is 5.32 Å². The summed E-state index contributed by atoms with van der Waals surface area (Å²) in [6.45, 7) is -0.504. The van der Waals surface area contributed by atoms with Crippen LogP contribution in [0.15, 0.2) is 91.0 Å². The largest absolute Gasteiger partial charge is 0.480 e. The van der Waals surface area contributed by atoms with Crippen LogP contribution in [0.2, 0.25) is 0 Å². The van der Waals surface area contributed by atoms with E-state index in [-0.39, 0.29) is 0 Å². The molecule has 0 heterocycles. The number of carbonyl (C=O) groups excluding carboxylic acids is 1. The van der Waals surface area contributed by atoms with Crippen LogP contribution >= 0.6 is 12.2 Å². The average molecular weight is 433 g/mol. The number of benzene rings is 3. The Morgan fingerprint density at radius 2 is 1.23 bits per heavy atom. The van der Waals surface area contributed by atoms with Gasteiger partial charge in [0.15, 0.2) is 0 Å². The van der Waals surface area contributed by atoms with Crippen LogP contribution in [0.4, 0.5) is 0 Å². The van der Waals surface area contributed by atoms with Crippen molar-refractivity contribution in [2.75, 3.05) is 6.54 Å². The van der Waals surface area contributed by atoms with E-state index in [1.54, 1.807) is 0 Å². The number of hydrogen-bond acceptors (Lipinski definition) is 4. The first-order valence-corrected chi connectivity index (χ1v) is 10.3. The molecule has 0 saturated carbocycles. The standard InChI is InChI=1S/C25H24N2O3S/c26-23(24(30)27-17-22(28)29)21(31)16-25(18-10-4-1-5-11-18,19-12-6-2-7-13-19)20-14-8-3-9-15-20/h1-15,23H,16-17,26H2,(H,27,30)(H,28,29). The van der Waals surface area contributed by atoms with Crippen molar-refractivity contribution in [3.05, 3.63) is 108 Å². The monoisotopic (exact) mass is 432 g/mol. The Hall–Kier alpha value is -3.35. The molecule has 0 fully saturated rings. The van der Waals surface area contributed by atoms with E-state index in [0.717, 1.165) is 16.7 Å². The fourth-order valence-electron chi connectivity index (χ4n) is 3.76. The number of nitrogens with one attached hydrogen (secondary N) is 1. The Labute approximate surface area is 186 Å². The summed E-state index contributed by atoms with van der Waals surface area (Å²) in [5.74, 6) is -1.74. The highest BCUT2D eigenvalue weighted by atomic mass is 32.1. The Morgan fingerprint density at radius 1 is 0.839 bits per heavy atom. The Bertz CT molecular complexity index is 943. The third-order valence-electron chi connectivity index (χ3n) is 5.28. The molecule has 1 unspecified atom stereocenters. The number of rotatable bonds is 9. The molecule has 3 rings (SSSR count). The lowest BCUT2D eigenvalue weighted by Crippen LogP contribution is -2.48. The summed E-state index contributed by atoms with van der Waals surface area (Å²) in [5.41, 5.74) is 8.54. The molecule has 1 amide bonds. The van der Waals surface area contributed by atoms with E-state index in [0.29, 0.717) is 11.3 Å². The van der Waals surface area contributed by atoms with Gasteiger partial charge in [-0.05, 0) is 23.1 Å². The quantitative estimate of drug-likeness (QED) is 0.356. The second-order valence-corrected chi connectivity index (χ2v) is 7.76. The first-order valence-electron chi connectivity index (χ1n) is 9.89. The number of carbonyl (C=O) groups is 2. The molecule has 0 aliphatic rings. The van der Waals surface area contributed by atoms with Gasteiger partial charge in [0.05, 0.1) is 0 Å². The van der Waals surface area contributed by atoms with E-state index in [1.165, 1.54) is 0 Å². The zero-order chi connectivity index (χ0) is 22.3. The first kappa shape index (κ1) is 22.3. The van der Waals surface area contributed by atoms with Crippen LogP contribution in [0.1, 0.15) is 23.1 Å². The van der Waals surface area contributed by atoms with Gasteiger partial charge >= 0.3 is 5.97 Å². The van der Waals surface area contributed by atoms with Gasteiger partial charge in [-0.2, -0.15) is 0 Å². The smallest absolute Gasteiger partial charge is 0.322 e. The van der Waals surface area contributed by atoms with Gasteiger partial charge in [-0.15, -0.1) is 0 Å². The summed E-state index contributed by atoms with van der Waals surface area (Å²) >= 11 is 5.65. The molecule has 0 saturated heterocycles. The van der Waals surface area contributed by atoms with Gasteiger partial charge in [0.1, 0.15) is 12.6 Å². The van der Waals surface area contributed by atoms with Crippen LogP contribution in [0.25, 0.3) is 0 Å². The minimum absolute atomic E-state index is 0.308.